The second-order valence-electron chi connectivity index (χ2n) is 5.66. The van der Waals surface area contributed by atoms with Crippen LogP contribution in [0.5, 0.6) is 11.5 Å². The highest BCUT2D eigenvalue weighted by Gasteiger charge is 2.17. The summed E-state index contributed by atoms with van der Waals surface area (Å²) in [6.07, 6.45) is 0. The first-order valence-electron chi connectivity index (χ1n) is 7.88. The van der Waals surface area contributed by atoms with Gasteiger partial charge in [0.1, 0.15) is 5.01 Å². The van der Waals surface area contributed by atoms with Crippen LogP contribution in [0.4, 0.5) is 0 Å². The minimum atomic E-state index is -0.187. The number of hydrogen-bond acceptors (Lipinski definition) is 10. The lowest BCUT2D eigenvalue weighted by Crippen LogP contribution is -2.14. The lowest BCUT2D eigenvalue weighted by Gasteiger charge is -1.97. The maximum Gasteiger partial charge on any atom is 0.277 e. The van der Waals surface area contributed by atoms with E-state index < -0.39 is 0 Å². The molecule has 9 nitrogen and oxygen atoms in total. The van der Waals surface area contributed by atoms with Crippen molar-refractivity contribution in [3.05, 3.63) is 45.3 Å². The third-order valence-electron chi connectivity index (χ3n) is 3.76. The van der Waals surface area contributed by atoms with Crippen molar-refractivity contribution in [2.45, 2.75) is 17.9 Å². The zero-order valence-electron chi connectivity index (χ0n) is 13.9. The van der Waals surface area contributed by atoms with Gasteiger partial charge in [0, 0.05) is 17.3 Å². The summed E-state index contributed by atoms with van der Waals surface area (Å²) in [5, 5.41) is 13.6. The molecule has 0 radical (unpaired) electrons. The first-order chi connectivity index (χ1) is 13.2. The number of nitrogens with zero attached hydrogens (tertiary/aromatic N) is 5. The van der Waals surface area contributed by atoms with Crippen molar-refractivity contribution in [1.82, 2.24) is 24.8 Å². The molecule has 11 heteroatoms. The van der Waals surface area contributed by atoms with Gasteiger partial charge in [-0.1, -0.05) is 23.1 Å². The minimum absolute atomic E-state index is 0.187. The standard InChI is InChI=1S/C16H11N5O4S2/c1-8-4-13(22)21-15(17-8)27-12(20-21)6-26-16-19-18-14(25-16)9-2-3-10-11(5-9)24-7-23-10/h2-5H,6-7H2,1H3. The third-order valence-corrected chi connectivity index (χ3v) is 5.68. The quantitative estimate of drug-likeness (QED) is 0.477. The number of aryl methyl sites for hydroxylation is 1. The summed E-state index contributed by atoms with van der Waals surface area (Å²) in [7, 11) is 0. The molecule has 0 spiro atoms. The zero-order chi connectivity index (χ0) is 18.4. The smallest absolute Gasteiger partial charge is 0.277 e. The van der Waals surface area contributed by atoms with E-state index in [1.54, 1.807) is 13.0 Å². The van der Waals surface area contributed by atoms with Crippen molar-refractivity contribution in [3.8, 4) is 23.0 Å². The van der Waals surface area contributed by atoms with Crippen LogP contribution in [-0.2, 0) is 5.75 Å². The summed E-state index contributed by atoms with van der Waals surface area (Å²) >= 11 is 2.71. The van der Waals surface area contributed by atoms with Crippen LogP contribution < -0.4 is 15.0 Å². The Hall–Kier alpha value is -2.92. The fraction of sp³-hybridized carbons (Fsp3) is 0.188. The summed E-state index contributed by atoms with van der Waals surface area (Å²) < 4.78 is 17.7. The van der Waals surface area contributed by atoms with Crippen LogP contribution in [0.1, 0.15) is 10.7 Å². The van der Waals surface area contributed by atoms with Gasteiger partial charge in [-0.05, 0) is 25.1 Å². The highest BCUT2D eigenvalue weighted by molar-refractivity contribution is 7.98. The van der Waals surface area contributed by atoms with Gasteiger partial charge in [0.25, 0.3) is 10.8 Å². The second kappa shape index (κ2) is 6.35. The van der Waals surface area contributed by atoms with Crippen LogP contribution >= 0.6 is 23.1 Å². The van der Waals surface area contributed by atoms with Crippen LogP contribution in [0.3, 0.4) is 0 Å². The second-order valence-corrected chi connectivity index (χ2v) is 7.62. The molecule has 0 unspecified atom stereocenters. The molecule has 4 heterocycles. The lowest BCUT2D eigenvalue weighted by atomic mass is 10.2. The third kappa shape index (κ3) is 3.04. The van der Waals surface area contributed by atoms with Gasteiger partial charge in [-0.15, -0.1) is 10.2 Å². The predicted octanol–water partition coefficient (Wildman–Crippen LogP) is 2.53. The van der Waals surface area contributed by atoms with E-state index in [4.69, 9.17) is 13.9 Å². The van der Waals surface area contributed by atoms with Crippen LogP contribution in [0.15, 0.2) is 38.7 Å². The van der Waals surface area contributed by atoms with Crippen LogP contribution in [0, 0.1) is 6.92 Å². The Labute approximate surface area is 160 Å². The van der Waals surface area contributed by atoms with Crippen molar-refractivity contribution in [2.75, 3.05) is 6.79 Å². The van der Waals surface area contributed by atoms with E-state index in [1.807, 2.05) is 12.1 Å². The largest absolute Gasteiger partial charge is 0.454 e. The van der Waals surface area contributed by atoms with Crippen molar-refractivity contribution in [1.29, 1.82) is 0 Å². The molecular weight excluding hydrogens is 390 g/mol. The van der Waals surface area contributed by atoms with Gasteiger partial charge in [-0.25, -0.2) is 4.98 Å². The highest BCUT2D eigenvalue weighted by Crippen LogP contribution is 2.36. The monoisotopic (exact) mass is 401 g/mol. The molecule has 27 heavy (non-hydrogen) atoms. The average molecular weight is 401 g/mol. The number of fused-ring (bicyclic) bond motifs is 2. The molecule has 0 N–H and O–H groups in total. The number of hydrogen-bond donors (Lipinski definition) is 0. The van der Waals surface area contributed by atoms with Crippen molar-refractivity contribution in [2.24, 2.45) is 0 Å². The van der Waals surface area contributed by atoms with Crippen LogP contribution in [0.2, 0.25) is 0 Å². The highest BCUT2D eigenvalue weighted by atomic mass is 32.2. The van der Waals surface area contributed by atoms with Gasteiger partial charge >= 0.3 is 0 Å². The van der Waals surface area contributed by atoms with Crippen LogP contribution in [-0.4, -0.2) is 31.6 Å². The Morgan fingerprint density at radius 1 is 1.22 bits per heavy atom. The van der Waals surface area contributed by atoms with E-state index in [1.165, 1.54) is 33.7 Å². The molecule has 0 bridgehead atoms. The van der Waals surface area contributed by atoms with Gasteiger partial charge in [0.2, 0.25) is 17.6 Å². The Morgan fingerprint density at radius 2 is 2.11 bits per heavy atom. The maximum atomic E-state index is 11.9. The topological polar surface area (TPSA) is 105 Å². The van der Waals surface area contributed by atoms with Gasteiger partial charge in [0.05, 0.1) is 5.75 Å². The zero-order valence-corrected chi connectivity index (χ0v) is 15.5. The SMILES string of the molecule is Cc1cc(=O)n2nc(CSc3nnc(-c4ccc5c(c4)OCO5)o3)sc2n1. The molecule has 0 atom stereocenters. The van der Waals surface area contributed by atoms with E-state index in [-0.39, 0.29) is 12.4 Å². The minimum Gasteiger partial charge on any atom is -0.454 e. The molecule has 136 valence electrons. The number of ether oxygens (including phenoxy) is 2. The molecule has 3 aromatic heterocycles. The first-order valence-corrected chi connectivity index (χ1v) is 9.69. The van der Waals surface area contributed by atoms with E-state index in [2.05, 4.69) is 20.3 Å². The summed E-state index contributed by atoms with van der Waals surface area (Å²) in [5.41, 5.74) is 1.24. The van der Waals surface area contributed by atoms with E-state index >= 15 is 0 Å². The molecule has 0 fully saturated rings. The number of thioether (sulfide) groups is 1. The normalized spacial score (nSPS) is 12.8. The molecular formula is C16H11N5O4S2. The van der Waals surface area contributed by atoms with Gasteiger partial charge in [-0.2, -0.15) is 9.61 Å². The molecule has 1 aliphatic heterocycles. The van der Waals surface area contributed by atoms with Crippen molar-refractivity contribution >= 4 is 28.1 Å². The molecule has 1 aromatic carbocycles. The fourth-order valence-corrected chi connectivity index (χ4v) is 4.25. The van der Waals surface area contributed by atoms with Crippen molar-refractivity contribution < 1.29 is 13.9 Å². The van der Waals surface area contributed by atoms with Gasteiger partial charge in [0.15, 0.2) is 11.5 Å². The van der Waals surface area contributed by atoms with Gasteiger partial charge in [-0.3, -0.25) is 4.79 Å². The summed E-state index contributed by atoms with van der Waals surface area (Å²) in [6, 6.07) is 6.91. The molecule has 0 saturated heterocycles. The van der Waals surface area contributed by atoms with E-state index in [9.17, 15) is 4.79 Å². The van der Waals surface area contributed by atoms with Crippen LogP contribution in [0.25, 0.3) is 16.4 Å². The van der Waals surface area contributed by atoms with E-state index in [0.717, 1.165) is 10.6 Å². The fourth-order valence-electron chi connectivity index (χ4n) is 2.56. The summed E-state index contributed by atoms with van der Waals surface area (Å²) in [6.45, 7) is 2.00. The Kier molecular flexibility index (Phi) is 3.83. The summed E-state index contributed by atoms with van der Waals surface area (Å²) in [5.74, 6) is 2.24. The Bertz CT molecular complexity index is 1220. The maximum absolute atomic E-state index is 11.9. The molecule has 5 rings (SSSR count). The predicted molar refractivity (Wildman–Crippen MR) is 97.3 cm³/mol. The Morgan fingerprint density at radius 3 is 3.04 bits per heavy atom. The molecule has 0 amide bonds. The summed E-state index contributed by atoms with van der Waals surface area (Å²) in [4.78, 5) is 16.8. The van der Waals surface area contributed by atoms with E-state index in [0.29, 0.717) is 39.0 Å². The number of aromatic nitrogens is 5. The Balaban J connectivity index is 1.34. The van der Waals surface area contributed by atoms with Gasteiger partial charge < -0.3 is 13.9 Å². The number of benzene rings is 1. The first kappa shape index (κ1) is 16.3. The number of rotatable bonds is 4. The molecule has 0 saturated carbocycles. The molecule has 0 aliphatic carbocycles. The van der Waals surface area contributed by atoms with Crippen molar-refractivity contribution in [3.63, 3.8) is 0 Å². The molecule has 1 aliphatic rings. The molecule has 4 aromatic rings. The average Bonchev–Trinajstić information content (AvgIpc) is 3.38. The lowest BCUT2D eigenvalue weighted by molar-refractivity contribution is 0.174.